The van der Waals surface area contributed by atoms with Crippen molar-refractivity contribution in [3.63, 3.8) is 0 Å². The molecule has 0 spiro atoms. The normalized spacial score (nSPS) is 16.9. The summed E-state index contributed by atoms with van der Waals surface area (Å²) in [5.41, 5.74) is -4.06. The molecule has 0 aliphatic carbocycles. The van der Waals surface area contributed by atoms with Gasteiger partial charge in [-0.05, 0) is 28.8 Å². The molecule has 0 radical (unpaired) electrons. The summed E-state index contributed by atoms with van der Waals surface area (Å²) in [5.74, 6) is -2.04. The van der Waals surface area contributed by atoms with E-state index >= 15 is 0 Å². The first-order valence-corrected chi connectivity index (χ1v) is 6.27. The van der Waals surface area contributed by atoms with Crippen LogP contribution in [-0.2, 0) is 0 Å². The molecule has 8 heteroatoms. The second kappa shape index (κ2) is 5.67. The van der Waals surface area contributed by atoms with Gasteiger partial charge in [0.15, 0.2) is 0 Å². The lowest BCUT2D eigenvalue weighted by Crippen LogP contribution is -2.61. The topological polar surface area (TPSA) is 40.5 Å². The van der Waals surface area contributed by atoms with Gasteiger partial charge >= 0.3 is 10.8 Å². The van der Waals surface area contributed by atoms with E-state index in [-0.39, 0.29) is 5.56 Å². The molecule has 1 aromatic carbocycles. The molecule has 0 aliphatic rings. The average molecular weight is 335 g/mol. The highest BCUT2D eigenvalue weighted by Crippen LogP contribution is 2.52. The molecule has 0 aromatic heterocycles. The second-order valence-electron chi connectivity index (χ2n) is 4.41. The number of hydrogen-bond acceptors (Lipinski definition) is 2. The van der Waals surface area contributed by atoms with Crippen molar-refractivity contribution in [2.75, 3.05) is 0 Å². The zero-order valence-corrected chi connectivity index (χ0v) is 11.7. The molecule has 0 amide bonds. The van der Waals surface area contributed by atoms with Gasteiger partial charge in [0, 0.05) is 5.92 Å². The van der Waals surface area contributed by atoms with E-state index in [4.69, 9.17) is 0 Å². The molecule has 1 rings (SSSR count). The minimum absolute atomic E-state index is 0.0697. The van der Waals surface area contributed by atoms with Crippen molar-refractivity contribution in [2.24, 2.45) is 5.92 Å². The Hall–Kier alpha value is -0.560. The van der Waals surface area contributed by atoms with Gasteiger partial charge in [0.2, 0.25) is 5.60 Å². The van der Waals surface area contributed by atoms with Crippen LogP contribution in [0.2, 0.25) is 0 Å². The maximum absolute atomic E-state index is 13.2. The van der Waals surface area contributed by atoms with Gasteiger partial charge < -0.3 is 10.2 Å². The predicted molar refractivity (Wildman–Crippen MR) is 67.1 cm³/mol. The van der Waals surface area contributed by atoms with Crippen LogP contribution in [0, 0.1) is 5.92 Å². The number of benzene rings is 1. The largest absolute Gasteiger partial charge is 0.388 e. The Balaban J connectivity index is 3.23. The molecule has 1 aromatic rings. The fourth-order valence-corrected chi connectivity index (χ4v) is 2.47. The zero-order valence-electron chi connectivity index (χ0n) is 10.2. The third kappa shape index (κ3) is 3.03. The summed E-state index contributed by atoms with van der Waals surface area (Å²) in [5, 5.41) is 10.1. The summed E-state index contributed by atoms with van der Waals surface area (Å²) in [6.07, 6.45) is -1.81. The summed E-state index contributed by atoms with van der Waals surface area (Å²) >= 11 is 9.19. The highest BCUT2D eigenvalue weighted by Gasteiger charge is 2.70. The van der Waals surface area contributed by atoms with Crippen LogP contribution in [0.3, 0.4) is 0 Å². The molecule has 2 unspecified atom stereocenters. The van der Waals surface area contributed by atoms with E-state index in [1.54, 1.807) is 6.07 Å². The maximum Gasteiger partial charge on any atom is 0.357 e. The molecule has 114 valence electrons. The Morgan fingerprint density at radius 1 is 1.00 bits per heavy atom. The minimum Gasteiger partial charge on any atom is -0.388 e. The van der Waals surface area contributed by atoms with E-state index in [0.29, 0.717) is 0 Å². The van der Waals surface area contributed by atoms with Crippen molar-refractivity contribution in [1.29, 1.82) is 0 Å². The molecule has 0 saturated carbocycles. The fourth-order valence-electron chi connectivity index (χ4n) is 1.84. The van der Waals surface area contributed by atoms with Crippen LogP contribution in [0.1, 0.15) is 18.6 Å². The van der Waals surface area contributed by atoms with Crippen LogP contribution in [0.4, 0.5) is 17.6 Å². The van der Waals surface area contributed by atoms with E-state index in [2.05, 4.69) is 23.2 Å². The van der Waals surface area contributed by atoms with Crippen LogP contribution >= 0.6 is 23.2 Å². The van der Waals surface area contributed by atoms with Crippen LogP contribution in [0.25, 0.3) is 0 Å². The molecule has 0 heterocycles. The molecule has 0 bridgehead atoms. The summed E-state index contributed by atoms with van der Waals surface area (Å²) < 4.78 is 52.9. The number of aliphatic hydroxyl groups excluding tert-OH is 1. The number of alkyl halides is 6. The lowest BCUT2D eigenvalue weighted by Gasteiger charge is -2.41. The summed E-state index contributed by atoms with van der Waals surface area (Å²) in [7, 11) is 0. The van der Waals surface area contributed by atoms with E-state index < -0.39 is 28.4 Å². The van der Waals surface area contributed by atoms with Crippen LogP contribution in [0.15, 0.2) is 30.3 Å². The van der Waals surface area contributed by atoms with Gasteiger partial charge in [-0.3, -0.25) is 0 Å². The van der Waals surface area contributed by atoms with Gasteiger partial charge in [0.1, 0.15) is 0 Å². The van der Waals surface area contributed by atoms with Gasteiger partial charge in [-0.25, -0.2) is 0 Å². The number of hydrogen-bond donors (Lipinski definition) is 2. The number of aliphatic hydroxyl groups is 2. The van der Waals surface area contributed by atoms with Crippen molar-refractivity contribution < 1.29 is 27.8 Å². The molecule has 0 fully saturated rings. The summed E-state index contributed by atoms with van der Waals surface area (Å²) in [4.78, 5) is 0. The van der Waals surface area contributed by atoms with Gasteiger partial charge in [0.25, 0.3) is 0 Å². The quantitative estimate of drug-likeness (QED) is 0.636. The number of halogens is 6. The van der Waals surface area contributed by atoms with Gasteiger partial charge in [-0.15, -0.1) is 0 Å². The van der Waals surface area contributed by atoms with Crippen LogP contribution in [-0.4, -0.2) is 26.6 Å². The van der Waals surface area contributed by atoms with E-state index in [1.807, 2.05) is 0 Å². The first kappa shape index (κ1) is 17.5. The predicted octanol–water partition coefficient (Wildman–Crippen LogP) is 3.75. The highest BCUT2D eigenvalue weighted by molar-refractivity contribution is 6.26. The van der Waals surface area contributed by atoms with Crippen molar-refractivity contribution >= 4 is 23.2 Å². The van der Waals surface area contributed by atoms with E-state index in [9.17, 15) is 27.8 Å². The molecule has 0 saturated heterocycles. The average Bonchev–Trinajstić information content (AvgIpc) is 2.34. The maximum atomic E-state index is 13.2. The van der Waals surface area contributed by atoms with Crippen LogP contribution < -0.4 is 0 Å². The second-order valence-corrected chi connectivity index (χ2v) is 5.36. The third-order valence-corrected chi connectivity index (χ3v) is 3.71. The first-order valence-electron chi connectivity index (χ1n) is 5.51. The summed E-state index contributed by atoms with van der Waals surface area (Å²) in [6.45, 7) is 0.810. The minimum atomic E-state index is -4.74. The molecule has 2 atom stereocenters. The Kier molecular flexibility index (Phi) is 4.96. The first-order chi connectivity index (χ1) is 8.93. The van der Waals surface area contributed by atoms with E-state index in [1.165, 1.54) is 24.3 Å². The van der Waals surface area contributed by atoms with Crippen molar-refractivity contribution in [1.82, 2.24) is 0 Å². The Labute approximate surface area is 122 Å². The Morgan fingerprint density at radius 2 is 1.40 bits per heavy atom. The molecule has 20 heavy (non-hydrogen) atoms. The third-order valence-electron chi connectivity index (χ3n) is 3.14. The van der Waals surface area contributed by atoms with Crippen molar-refractivity contribution in [3.8, 4) is 0 Å². The van der Waals surface area contributed by atoms with Crippen molar-refractivity contribution in [3.05, 3.63) is 35.9 Å². The molecule has 2 nitrogen and oxygen atoms in total. The molecular formula is C12H12Cl2F4O2. The molecule has 2 N–H and O–H groups in total. The lowest BCUT2D eigenvalue weighted by atomic mass is 9.82. The van der Waals surface area contributed by atoms with Crippen LogP contribution in [0.5, 0.6) is 0 Å². The summed E-state index contributed by atoms with van der Waals surface area (Å²) in [6, 6.07) is 7.20. The number of rotatable bonds is 5. The highest BCUT2D eigenvalue weighted by atomic mass is 35.5. The van der Waals surface area contributed by atoms with Crippen molar-refractivity contribution in [2.45, 2.75) is 29.4 Å². The van der Waals surface area contributed by atoms with E-state index in [0.717, 1.165) is 6.92 Å². The monoisotopic (exact) mass is 334 g/mol. The van der Waals surface area contributed by atoms with Gasteiger partial charge in [-0.1, -0.05) is 37.3 Å². The smallest absolute Gasteiger partial charge is 0.357 e. The molecule has 0 aliphatic heterocycles. The lowest BCUT2D eigenvalue weighted by molar-refractivity contribution is -0.254. The fraction of sp³-hybridized carbons (Fsp3) is 0.500. The van der Waals surface area contributed by atoms with Gasteiger partial charge in [0.05, 0.1) is 6.10 Å². The standard InChI is InChI=1S/C12H12Cl2F4O2/c1-7(9(19)8-5-3-2-4-6-8)10(20,11(13,15)16)12(14,17)18/h2-7,9,19-20H,1H3. The Morgan fingerprint density at radius 3 is 1.75 bits per heavy atom. The Bertz CT molecular complexity index is 431. The van der Waals surface area contributed by atoms with Gasteiger partial charge in [-0.2, -0.15) is 17.6 Å². The molecular weight excluding hydrogens is 323 g/mol. The SMILES string of the molecule is CC(C(O)c1ccccc1)C(O)(C(F)(F)Cl)C(F)(F)Cl. The zero-order chi connectivity index (χ0) is 15.8.